The van der Waals surface area contributed by atoms with Gasteiger partial charge in [0.2, 0.25) is 0 Å². The highest BCUT2D eigenvalue weighted by molar-refractivity contribution is 6.42. The Balaban J connectivity index is 1.74. The van der Waals surface area contributed by atoms with Crippen LogP contribution in [0.3, 0.4) is 0 Å². The molecule has 3 nitrogen and oxygen atoms in total. The van der Waals surface area contributed by atoms with Crippen molar-refractivity contribution in [2.24, 2.45) is 11.0 Å². The average molecular weight is 310 g/mol. The third-order valence-corrected chi connectivity index (χ3v) is 5.64. The molecule has 4 aliphatic heterocycles. The first-order valence-corrected chi connectivity index (χ1v) is 7.91. The van der Waals surface area contributed by atoms with E-state index in [4.69, 9.17) is 28.3 Å². The third kappa shape index (κ3) is 1.80. The maximum absolute atomic E-state index is 6.19. The molecule has 2 atom stereocenters. The third-order valence-electron chi connectivity index (χ3n) is 4.90. The van der Waals surface area contributed by atoms with Gasteiger partial charge in [0.25, 0.3) is 0 Å². The van der Waals surface area contributed by atoms with Crippen LogP contribution in [0, 0.1) is 5.92 Å². The average Bonchev–Trinajstić information content (AvgIpc) is 2.82. The van der Waals surface area contributed by atoms with E-state index in [0.29, 0.717) is 22.0 Å². The Kier molecular flexibility index (Phi) is 2.99. The summed E-state index contributed by atoms with van der Waals surface area (Å²) < 4.78 is 0. The van der Waals surface area contributed by atoms with Gasteiger partial charge in [0.15, 0.2) is 0 Å². The van der Waals surface area contributed by atoms with Crippen LogP contribution >= 0.6 is 23.2 Å². The maximum Gasteiger partial charge on any atom is 0.0926 e. The first-order chi connectivity index (χ1) is 9.65. The molecule has 5 rings (SSSR count). The van der Waals surface area contributed by atoms with Crippen molar-refractivity contribution in [3.63, 3.8) is 0 Å². The molecule has 106 valence electrons. The van der Waals surface area contributed by atoms with Crippen LogP contribution in [0.2, 0.25) is 10.0 Å². The summed E-state index contributed by atoms with van der Waals surface area (Å²) in [5, 5.41) is 8.18. The summed E-state index contributed by atoms with van der Waals surface area (Å²) in [4.78, 5) is 2.58. The molecule has 1 aromatic rings. The molecule has 4 aliphatic rings. The number of hydrogen-bond acceptors (Lipinski definition) is 3. The molecule has 0 N–H and O–H groups in total. The van der Waals surface area contributed by atoms with Crippen molar-refractivity contribution in [1.29, 1.82) is 0 Å². The van der Waals surface area contributed by atoms with Gasteiger partial charge < -0.3 is 0 Å². The van der Waals surface area contributed by atoms with E-state index < -0.39 is 0 Å². The largest absolute Gasteiger partial charge is 0.293 e. The molecule has 0 aliphatic carbocycles. The normalized spacial score (nSPS) is 35.1. The van der Waals surface area contributed by atoms with Crippen LogP contribution in [0.1, 0.15) is 24.4 Å². The van der Waals surface area contributed by atoms with Crippen molar-refractivity contribution in [1.82, 2.24) is 9.91 Å². The smallest absolute Gasteiger partial charge is 0.0926 e. The second kappa shape index (κ2) is 4.62. The summed E-state index contributed by atoms with van der Waals surface area (Å²) in [6.45, 7) is 2.39. The predicted octanol–water partition coefficient (Wildman–Crippen LogP) is 3.43. The van der Waals surface area contributed by atoms with Crippen molar-refractivity contribution >= 4 is 28.9 Å². The van der Waals surface area contributed by atoms with E-state index in [0.717, 1.165) is 0 Å². The highest BCUT2D eigenvalue weighted by atomic mass is 35.5. The Labute approximate surface area is 129 Å². The molecule has 2 bridgehead atoms. The Morgan fingerprint density at radius 2 is 1.85 bits per heavy atom. The van der Waals surface area contributed by atoms with Crippen LogP contribution in [0.15, 0.2) is 23.3 Å². The lowest BCUT2D eigenvalue weighted by Gasteiger charge is -2.46. The summed E-state index contributed by atoms with van der Waals surface area (Å²) in [5.74, 6) is 0.681. The van der Waals surface area contributed by atoms with Crippen molar-refractivity contribution < 1.29 is 0 Å². The quantitative estimate of drug-likeness (QED) is 0.791. The highest BCUT2D eigenvalue weighted by Crippen LogP contribution is 2.43. The molecule has 3 saturated heterocycles. The first-order valence-electron chi connectivity index (χ1n) is 7.15. The van der Waals surface area contributed by atoms with Crippen molar-refractivity contribution in [2.45, 2.75) is 24.9 Å². The topological polar surface area (TPSA) is 18.8 Å². The minimum absolute atomic E-state index is 0.267. The number of benzene rings is 1. The van der Waals surface area contributed by atoms with Gasteiger partial charge in [-0.05, 0) is 43.6 Å². The number of nitrogens with zero attached hydrogens (tertiary/aromatic N) is 3. The second-order valence-corrected chi connectivity index (χ2v) is 6.79. The second-order valence-electron chi connectivity index (χ2n) is 5.97. The van der Waals surface area contributed by atoms with Crippen LogP contribution in [0.4, 0.5) is 0 Å². The maximum atomic E-state index is 6.19. The molecule has 0 aromatic heterocycles. The highest BCUT2D eigenvalue weighted by Gasteiger charge is 2.48. The van der Waals surface area contributed by atoms with Crippen molar-refractivity contribution in [3.05, 3.63) is 33.8 Å². The number of likely N-dealkylation sites (N-methyl/N-ethyl adjacent to an activating group) is 1. The zero-order chi connectivity index (χ0) is 13.9. The van der Waals surface area contributed by atoms with Gasteiger partial charge in [-0.1, -0.05) is 29.3 Å². The lowest BCUT2D eigenvalue weighted by atomic mass is 9.78. The van der Waals surface area contributed by atoms with E-state index in [1.165, 1.54) is 37.2 Å². The standard InChI is InChI=1S/C15H17Cl2N3/c1-19-14(10-2-3-11(16)12(17)8-10)15-13(18-19)9-4-6-20(15)7-5-9/h2-3,8-9,14-15H,4-7H2,1H3/t14-,15+/m0/s1. The minimum Gasteiger partial charge on any atom is -0.293 e. The summed E-state index contributed by atoms with van der Waals surface area (Å²) in [6.07, 6.45) is 2.52. The number of piperidine rings is 3. The number of rotatable bonds is 1. The van der Waals surface area contributed by atoms with Gasteiger partial charge in [-0.25, -0.2) is 0 Å². The van der Waals surface area contributed by atoms with Crippen LogP contribution in [0.25, 0.3) is 0 Å². The van der Waals surface area contributed by atoms with E-state index in [2.05, 4.69) is 23.0 Å². The SMILES string of the molecule is CN1N=C2C3CCN(CC3)[C@H]2[C@@H]1c1ccc(Cl)c(Cl)c1. The lowest BCUT2D eigenvalue weighted by Crippen LogP contribution is -2.56. The molecule has 3 fully saturated rings. The molecule has 4 heterocycles. The van der Waals surface area contributed by atoms with Crippen molar-refractivity contribution in [2.75, 3.05) is 20.1 Å². The first kappa shape index (κ1) is 12.9. The fourth-order valence-corrected chi connectivity index (χ4v) is 4.25. The molecule has 0 spiro atoms. The van der Waals surface area contributed by atoms with E-state index in [1.54, 1.807) is 0 Å². The van der Waals surface area contributed by atoms with Gasteiger partial charge in [0.05, 0.1) is 27.8 Å². The monoisotopic (exact) mass is 309 g/mol. The number of hydrazone groups is 1. The van der Waals surface area contributed by atoms with Gasteiger partial charge in [0.1, 0.15) is 0 Å². The number of hydrogen-bond donors (Lipinski definition) is 0. The van der Waals surface area contributed by atoms with Gasteiger partial charge >= 0.3 is 0 Å². The van der Waals surface area contributed by atoms with Crippen LogP contribution < -0.4 is 0 Å². The van der Waals surface area contributed by atoms with Crippen LogP contribution in [-0.2, 0) is 0 Å². The molecule has 5 heteroatoms. The van der Waals surface area contributed by atoms with Crippen molar-refractivity contribution in [3.8, 4) is 0 Å². The number of fused-ring (bicyclic) bond motifs is 2. The van der Waals surface area contributed by atoms with Gasteiger partial charge in [-0.2, -0.15) is 5.10 Å². The molecule has 0 saturated carbocycles. The lowest BCUT2D eigenvalue weighted by molar-refractivity contribution is 0.107. The van der Waals surface area contributed by atoms with Crippen LogP contribution in [0.5, 0.6) is 0 Å². The summed E-state index contributed by atoms with van der Waals surface area (Å²) in [7, 11) is 2.07. The fraction of sp³-hybridized carbons (Fsp3) is 0.533. The van der Waals surface area contributed by atoms with Gasteiger partial charge in [0, 0.05) is 13.0 Å². The van der Waals surface area contributed by atoms with E-state index >= 15 is 0 Å². The summed E-state index contributed by atoms with van der Waals surface area (Å²) >= 11 is 12.2. The molecule has 1 aromatic carbocycles. The summed E-state index contributed by atoms with van der Waals surface area (Å²) in [6, 6.07) is 6.65. The molecule has 0 radical (unpaired) electrons. The van der Waals surface area contributed by atoms with E-state index in [1.807, 2.05) is 12.1 Å². The molecular weight excluding hydrogens is 293 g/mol. The molecule has 0 unspecified atom stereocenters. The Morgan fingerprint density at radius 1 is 1.10 bits per heavy atom. The Morgan fingerprint density at radius 3 is 2.55 bits per heavy atom. The molecule has 0 amide bonds. The number of halogens is 2. The Hall–Kier alpha value is -0.770. The minimum atomic E-state index is 0.267. The van der Waals surface area contributed by atoms with E-state index in [9.17, 15) is 0 Å². The molecular formula is C15H17Cl2N3. The summed E-state index contributed by atoms with van der Waals surface area (Å²) in [5.41, 5.74) is 2.58. The fourth-order valence-electron chi connectivity index (χ4n) is 3.95. The van der Waals surface area contributed by atoms with Gasteiger partial charge in [-0.3, -0.25) is 9.91 Å². The zero-order valence-corrected chi connectivity index (χ0v) is 12.9. The van der Waals surface area contributed by atoms with E-state index in [-0.39, 0.29) is 6.04 Å². The zero-order valence-electron chi connectivity index (χ0n) is 11.4. The van der Waals surface area contributed by atoms with Crippen LogP contribution in [-0.4, -0.2) is 41.8 Å². The van der Waals surface area contributed by atoms with Gasteiger partial charge in [-0.15, -0.1) is 0 Å². The Bertz CT molecular complexity index is 578. The molecule has 20 heavy (non-hydrogen) atoms. The predicted molar refractivity (Wildman–Crippen MR) is 82.5 cm³/mol.